The van der Waals surface area contributed by atoms with Gasteiger partial charge in [-0.3, -0.25) is 14.4 Å². The molecule has 1 amide bonds. The summed E-state index contributed by atoms with van der Waals surface area (Å²) in [6, 6.07) is 14.1. The number of carbonyl (C=O) groups excluding carboxylic acids is 1. The largest absolute Gasteiger partial charge is 0.378 e. The third-order valence-corrected chi connectivity index (χ3v) is 7.51. The van der Waals surface area contributed by atoms with Crippen LogP contribution in [-0.4, -0.2) is 51.9 Å². The van der Waals surface area contributed by atoms with Gasteiger partial charge in [-0.15, -0.1) is 0 Å². The van der Waals surface area contributed by atoms with Crippen molar-refractivity contribution in [2.24, 2.45) is 0 Å². The van der Waals surface area contributed by atoms with Crippen molar-refractivity contribution in [3.8, 4) is 0 Å². The number of nitrogens with zero attached hydrogens (tertiary/aromatic N) is 3. The van der Waals surface area contributed by atoms with Crippen molar-refractivity contribution in [1.29, 1.82) is 0 Å². The molecule has 0 saturated carbocycles. The minimum atomic E-state index is -0.115. The highest BCUT2D eigenvalue weighted by Gasteiger charge is 2.40. The Balaban J connectivity index is 1.31. The Kier molecular flexibility index (Phi) is 7.17. The van der Waals surface area contributed by atoms with Gasteiger partial charge in [0, 0.05) is 40.1 Å². The molecule has 8 heteroatoms. The van der Waals surface area contributed by atoms with Gasteiger partial charge in [0.1, 0.15) is 0 Å². The number of allylic oxidation sites excluding steroid dienone is 2. The number of aromatic nitrogens is 2. The number of carbonyl (C=O) groups is 1. The molecular formula is C27H30Cl2N4O2. The van der Waals surface area contributed by atoms with Crippen LogP contribution < -0.4 is 5.32 Å². The van der Waals surface area contributed by atoms with E-state index in [4.69, 9.17) is 27.9 Å². The number of amides is 1. The van der Waals surface area contributed by atoms with Crippen molar-refractivity contribution < 1.29 is 9.53 Å². The molecule has 2 aliphatic heterocycles. The van der Waals surface area contributed by atoms with Crippen molar-refractivity contribution in [3.05, 3.63) is 75.4 Å². The summed E-state index contributed by atoms with van der Waals surface area (Å²) in [5.41, 5.74) is 3.73. The number of halogens is 2. The van der Waals surface area contributed by atoms with E-state index >= 15 is 0 Å². The second kappa shape index (κ2) is 10.3. The first-order chi connectivity index (χ1) is 16.9. The van der Waals surface area contributed by atoms with E-state index < -0.39 is 0 Å². The van der Waals surface area contributed by atoms with E-state index in [0.29, 0.717) is 35.5 Å². The Hall–Kier alpha value is -2.38. The first-order valence-corrected chi connectivity index (χ1v) is 12.8. The second-order valence-corrected chi connectivity index (χ2v) is 10.6. The highest BCUT2D eigenvalue weighted by atomic mass is 35.5. The second-order valence-electron chi connectivity index (χ2n) is 9.72. The zero-order chi connectivity index (χ0) is 24.5. The van der Waals surface area contributed by atoms with Gasteiger partial charge in [-0.05, 0) is 50.5 Å². The summed E-state index contributed by atoms with van der Waals surface area (Å²) in [5, 5.41) is 10.2. The average Bonchev–Trinajstić information content (AvgIpc) is 3.19. The zero-order valence-corrected chi connectivity index (χ0v) is 21.5. The van der Waals surface area contributed by atoms with Crippen LogP contribution in [0.1, 0.15) is 42.7 Å². The SMILES string of the molecule is CC(C)=CCn1nc(C(=O)NC2C[C@H]3COC[C@@H](C2)N3Cc2ccc(Cl)cc2Cl)c2ccccc21. The molecule has 1 aromatic heterocycles. The average molecular weight is 513 g/mol. The van der Waals surface area contributed by atoms with E-state index in [-0.39, 0.29) is 24.0 Å². The Morgan fingerprint density at radius 3 is 2.60 bits per heavy atom. The number of para-hydroxylation sites is 1. The number of morpholine rings is 1. The highest BCUT2D eigenvalue weighted by molar-refractivity contribution is 6.35. The molecule has 6 nitrogen and oxygen atoms in total. The molecule has 5 rings (SSSR count). The maximum atomic E-state index is 13.4. The monoisotopic (exact) mass is 512 g/mol. The fraction of sp³-hybridized carbons (Fsp3) is 0.407. The molecule has 0 spiro atoms. The topological polar surface area (TPSA) is 59.4 Å². The first kappa shape index (κ1) is 24.3. The molecule has 2 aromatic carbocycles. The maximum absolute atomic E-state index is 13.4. The van der Waals surface area contributed by atoms with E-state index in [2.05, 4.69) is 35.2 Å². The molecule has 2 aliphatic rings. The fourth-order valence-electron chi connectivity index (χ4n) is 5.17. The van der Waals surface area contributed by atoms with Crippen LogP contribution in [0.15, 0.2) is 54.1 Å². The van der Waals surface area contributed by atoms with Gasteiger partial charge in [0.05, 0.1) is 25.3 Å². The van der Waals surface area contributed by atoms with Crippen molar-refractivity contribution in [2.75, 3.05) is 13.2 Å². The first-order valence-electron chi connectivity index (χ1n) is 12.1. The standard InChI is InChI=1S/C27H30Cl2N4O2/c1-17(2)9-10-33-25-6-4-3-5-23(25)26(31-33)27(34)30-20-12-21-15-35-16-22(13-20)32(21)14-18-7-8-19(28)11-24(18)29/h3-9,11,20-22H,10,12-16H2,1-2H3,(H,30,34)/t20?,21-,22+. The van der Waals surface area contributed by atoms with Crippen LogP contribution in [0.2, 0.25) is 10.0 Å². The van der Waals surface area contributed by atoms with Gasteiger partial charge in [-0.2, -0.15) is 5.10 Å². The van der Waals surface area contributed by atoms with Crippen LogP contribution in [-0.2, 0) is 17.8 Å². The maximum Gasteiger partial charge on any atom is 0.272 e. The van der Waals surface area contributed by atoms with Crippen molar-refractivity contribution in [2.45, 2.75) is 57.9 Å². The third kappa shape index (κ3) is 5.26. The summed E-state index contributed by atoms with van der Waals surface area (Å²) in [4.78, 5) is 15.8. The van der Waals surface area contributed by atoms with Crippen molar-refractivity contribution >= 4 is 40.0 Å². The van der Waals surface area contributed by atoms with Gasteiger partial charge in [-0.25, -0.2) is 0 Å². The van der Waals surface area contributed by atoms with Gasteiger partial charge in [-0.1, -0.05) is 59.1 Å². The lowest BCUT2D eigenvalue weighted by Crippen LogP contribution is -2.60. The number of rotatable bonds is 6. The van der Waals surface area contributed by atoms with Crippen molar-refractivity contribution in [1.82, 2.24) is 20.0 Å². The van der Waals surface area contributed by atoms with E-state index in [1.807, 2.05) is 41.1 Å². The van der Waals surface area contributed by atoms with E-state index in [1.165, 1.54) is 5.57 Å². The van der Waals surface area contributed by atoms with Crippen LogP contribution in [0, 0.1) is 0 Å². The molecule has 3 atom stereocenters. The number of fused-ring (bicyclic) bond motifs is 3. The molecule has 1 unspecified atom stereocenters. The smallest absolute Gasteiger partial charge is 0.272 e. The van der Waals surface area contributed by atoms with Gasteiger partial charge in [0.2, 0.25) is 0 Å². The summed E-state index contributed by atoms with van der Waals surface area (Å²) in [6.07, 6.45) is 3.76. The molecule has 2 saturated heterocycles. The number of hydrogen-bond acceptors (Lipinski definition) is 4. The molecule has 0 radical (unpaired) electrons. The van der Waals surface area contributed by atoms with E-state index in [0.717, 1.165) is 35.9 Å². The number of hydrogen-bond donors (Lipinski definition) is 1. The Bertz CT molecular complexity index is 1250. The molecule has 35 heavy (non-hydrogen) atoms. The lowest BCUT2D eigenvalue weighted by Gasteiger charge is -2.48. The van der Waals surface area contributed by atoms with Gasteiger partial charge in [0.25, 0.3) is 5.91 Å². The summed E-state index contributed by atoms with van der Waals surface area (Å²) in [7, 11) is 0. The molecule has 2 fully saturated rings. The Morgan fingerprint density at radius 2 is 1.89 bits per heavy atom. The normalized spacial score (nSPS) is 22.2. The number of piperidine rings is 1. The fourth-order valence-corrected chi connectivity index (χ4v) is 5.64. The Labute approximate surface area is 215 Å². The van der Waals surface area contributed by atoms with Crippen molar-refractivity contribution in [3.63, 3.8) is 0 Å². The molecule has 3 heterocycles. The van der Waals surface area contributed by atoms with E-state index in [1.54, 1.807) is 6.07 Å². The predicted octanol–water partition coefficient (Wildman–Crippen LogP) is 5.47. The molecule has 0 aliphatic carbocycles. The van der Waals surface area contributed by atoms with Gasteiger partial charge in [0.15, 0.2) is 5.69 Å². The van der Waals surface area contributed by atoms with Gasteiger partial charge < -0.3 is 10.1 Å². The lowest BCUT2D eigenvalue weighted by atomic mass is 9.89. The molecule has 3 aromatic rings. The molecular weight excluding hydrogens is 483 g/mol. The number of ether oxygens (including phenoxy) is 1. The van der Waals surface area contributed by atoms with Crippen LogP contribution >= 0.6 is 23.2 Å². The third-order valence-electron chi connectivity index (χ3n) is 6.92. The summed E-state index contributed by atoms with van der Waals surface area (Å²) in [5.74, 6) is -0.115. The molecule has 184 valence electrons. The Morgan fingerprint density at radius 1 is 1.14 bits per heavy atom. The zero-order valence-electron chi connectivity index (χ0n) is 20.0. The highest BCUT2D eigenvalue weighted by Crippen LogP contribution is 2.32. The van der Waals surface area contributed by atoms with Gasteiger partial charge >= 0.3 is 0 Å². The van der Waals surface area contributed by atoms with Crippen LogP contribution in [0.5, 0.6) is 0 Å². The molecule has 2 bridgehead atoms. The summed E-state index contributed by atoms with van der Waals surface area (Å²) >= 11 is 12.5. The summed E-state index contributed by atoms with van der Waals surface area (Å²) in [6.45, 7) is 6.81. The predicted molar refractivity (Wildman–Crippen MR) is 140 cm³/mol. The number of nitrogens with one attached hydrogen (secondary N) is 1. The van der Waals surface area contributed by atoms with E-state index in [9.17, 15) is 4.79 Å². The minimum absolute atomic E-state index is 0.0695. The van der Waals surface area contributed by atoms with Crippen LogP contribution in [0.25, 0.3) is 10.9 Å². The lowest BCUT2D eigenvalue weighted by molar-refractivity contribution is -0.0843. The quantitative estimate of drug-likeness (QED) is 0.444. The molecule has 1 N–H and O–H groups in total. The minimum Gasteiger partial charge on any atom is -0.378 e. The van der Waals surface area contributed by atoms with Crippen LogP contribution in [0.3, 0.4) is 0 Å². The summed E-state index contributed by atoms with van der Waals surface area (Å²) < 4.78 is 7.77. The van der Waals surface area contributed by atoms with Crippen LogP contribution in [0.4, 0.5) is 0 Å². The number of benzene rings is 2.